The average molecular weight is 419 g/mol. The van der Waals surface area contributed by atoms with Crippen LogP contribution in [0.1, 0.15) is 125 Å². The molecule has 0 spiro atoms. The molecule has 0 aromatic heterocycles. The van der Waals surface area contributed by atoms with E-state index < -0.39 is 0 Å². The highest BCUT2D eigenvalue weighted by molar-refractivity contribution is 5.01. The van der Waals surface area contributed by atoms with E-state index in [0.717, 1.165) is 55.6 Å². The van der Waals surface area contributed by atoms with Crippen molar-refractivity contribution in [3.8, 4) is 6.07 Å². The van der Waals surface area contributed by atoms with Crippen LogP contribution in [-0.2, 0) is 0 Å². The van der Waals surface area contributed by atoms with E-state index in [1.807, 2.05) is 6.08 Å². The summed E-state index contributed by atoms with van der Waals surface area (Å²) in [6, 6.07) is 2.21. The number of nitrogens with one attached hydrogen (secondary N) is 1. The number of hydrogen-bond donors (Lipinski definition) is 1. The van der Waals surface area contributed by atoms with Gasteiger partial charge in [0.25, 0.3) is 0 Å². The molecule has 0 bridgehead atoms. The summed E-state index contributed by atoms with van der Waals surface area (Å²) >= 11 is 0. The Morgan fingerprint density at radius 2 is 1.73 bits per heavy atom. The zero-order valence-electron chi connectivity index (χ0n) is 21.4. The summed E-state index contributed by atoms with van der Waals surface area (Å²) in [7, 11) is 0. The van der Waals surface area contributed by atoms with Gasteiger partial charge in [0.1, 0.15) is 6.04 Å². The molecule has 0 aromatic rings. The molecule has 0 amide bonds. The average Bonchev–Trinajstić information content (AvgIpc) is 2.73. The monoisotopic (exact) mass is 418 g/mol. The predicted molar refractivity (Wildman–Crippen MR) is 136 cm³/mol. The van der Waals surface area contributed by atoms with Gasteiger partial charge in [0.2, 0.25) is 0 Å². The molecule has 2 nitrogen and oxygen atoms in total. The van der Waals surface area contributed by atoms with Gasteiger partial charge in [0.15, 0.2) is 0 Å². The summed E-state index contributed by atoms with van der Waals surface area (Å²) in [6.07, 6.45) is 18.6. The molecule has 2 heteroatoms. The lowest BCUT2D eigenvalue weighted by atomic mass is 9.78. The molecule has 1 fully saturated rings. The van der Waals surface area contributed by atoms with Crippen LogP contribution in [0.5, 0.6) is 0 Å². The van der Waals surface area contributed by atoms with Crippen molar-refractivity contribution in [3.63, 3.8) is 0 Å². The Labute approximate surface area is 190 Å². The normalized spacial score (nSPS) is 18.7. The van der Waals surface area contributed by atoms with Crippen molar-refractivity contribution < 1.29 is 0 Å². The lowest BCUT2D eigenvalue weighted by Crippen LogP contribution is -2.26. The quantitative estimate of drug-likeness (QED) is 0.320. The second-order valence-electron chi connectivity index (χ2n) is 9.37. The van der Waals surface area contributed by atoms with E-state index in [0.29, 0.717) is 0 Å². The maximum atomic E-state index is 8.87. The van der Waals surface area contributed by atoms with E-state index in [2.05, 4.69) is 66.1 Å². The van der Waals surface area contributed by atoms with Crippen LogP contribution in [0.3, 0.4) is 0 Å². The number of unbranched alkanes of at least 4 members (excludes halogenated alkanes) is 1. The summed E-state index contributed by atoms with van der Waals surface area (Å²) < 4.78 is 0. The Kier molecular flexibility index (Phi) is 23.2. The molecule has 0 aliphatic heterocycles. The van der Waals surface area contributed by atoms with E-state index >= 15 is 0 Å². The van der Waals surface area contributed by atoms with Crippen LogP contribution in [0.15, 0.2) is 24.9 Å². The van der Waals surface area contributed by atoms with Crippen molar-refractivity contribution in [3.05, 3.63) is 24.9 Å². The first kappa shape index (κ1) is 31.0. The molecule has 30 heavy (non-hydrogen) atoms. The van der Waals surface area contributed by atoms with Crippen molar-refractivity contribution in [2.75, 3.05) is 0 Å². The largest absolute Gasteiger partial charge is 0.374 e. The van der Waals surface area contributed by atoms with Crippen LogP contribution in [-0.4, -0.2) is 6.04 Å². The van der Waals surface area contributed by atoms with Gasteiger partial charge in [-0.1, -0.05) is 112 Å². The summed E-state index contributed by atoms with van der Waals surface area (Å²) in [5.41, 5.74) is 1.01. The standard InChI is InChI=1S/C13H24N2.C11H22.C4H8/c1-5-7-13(10-14)15-12(4)9-6-8-11(2)3;1-3-4-8-11-9-6-5-7-10(11)2;1-3-4-2/h11,13,15H,4-9H2,1-3H3;10-11H,3-9H2,1-2H3;3H,1,4H2,2H3. The zero-order valence-corrected chi connectivity index (χ0v) is 21.4. The van der Waals surface area contributed by atoms with Crippen molar-refractivity contribution >= 4 is 0 Å². The van der Waals surface area contributed by atoms with Gasteiger partial charge in [-0.3, -0.25) is 0 Å². The Morgan fingerprint density at radius 1 is 1.10 bits per heavy atom. The van der Waals surface area contributed by atoms with Crippen molar-refractivity contribution in [2.45, 2.75) is 131 Å². The van der Waals surface area contributed by atoms with Gasteiger partial charge in [0.05, 0.1) is 6.07 Å². The topological polar surface area (TPSA) is 35.8 Å². The molecule has 1 rings (SSSR count). The van der Waals surface area contributed by atoms with Gasteiger partial charge in [-0.2, -0.15) is 5.26 Å². The molecule has 176 valence electrons. The Balaban J connectivity index is 0. The Bertz CT molecular complexity index is 432. The van der Waals surface area contributed by atoms with Crippen molar-refractivity contribution in [1.82, 2.24) is 5.32 Å². The van der Waals surface area contributed by atoms with Crippen LogP contribution >= 0.6 is 0 Å². The van der Waals surface area contributed by atoms with Gasteiger partial charge in [-0.05, 0) is 43.4 Å². The molecule has 1 N–H and O–H groups in total. The SMILES string of the molecule is C=C(CCCC(C)C)NC(C#N)CCC.C=CCC.CCCCC1CCCCC1C. The van der Waals surface area contributed by atoms with E-state index in [-0.39, 0.29) is 6.04 Å². The lowest BCUT2D eigenvalue weighted by Gasteiger charge is -2.28. The minimum Gasteiger partial charge on any atom is -0.374 e. The zero-order chi connectivity index (χ0) is 23.2. The first-order valence-corrected chi connectivity index (χ1v) is 12.8. The predicted octanol–water partition coefficient (Wildman–Crippen LogP) is 9.19. The van der Waals surface area contributed by atoms with Crippen LogP contribution in [0.4, 0.5) is 0 Å². The summed E-state index contributed by atoms with van der Waals surface area (Å²) in [5, 5.41) is 12.1. The first-order chi connectivity index (χ1) is 14.4. The molecule has 3 atom stereocenters. The fraction of sp³-hybridized carbons (Fsp3) is 0.821. The van der Waals surface area contributed by atoms with Crippen molar-refractivity contribution in [1.29, 1.82) is 5.26 Å². The third-order valence-electron chi connectivity index (χ3n) is 5.88. The number of hydrogen-bond acceptors (Lipinski definition) is 2. The fourth-order valence-corrected chi connectivity index (χ4v) is 3.79. The molecule has 0 aromatic carbocycles. The minimum absolute atomic E-state index is 0.0541. The highest BCUT2D eigenvalue weighted by atomic mass is 14.9. The van der Waals surface area contributed by atoms with Gasteiger partial charge in [0, 0.05) is 5.70 Å². The fourth-order valence-electron chi connectivity index (χ4n) is 3.79. The maximum absolute atomic E-state index is 8.87. The van der Waals surface area contributed by atoms with Gasteiger partial charge < -0.3 is 5.32 Å². The first-order valence-electron chi connectivity index (χ1n) is 12.8. The van der Waals surface area contributed by atoms with Crippen LogP contribution in [0.2, 0.25) is 0 Å². The van der Waals surface area contributed by atoms with Crippen LogP contribution < -0.4 is 5.32 Å². The second-order valence-corrected chi connectivity index (χ2v) is 9.37. The highest BCUT2D eigenvalue weighted by Crippen LogP contribution is 2.32. The van der Waals surface area contributed by atoms with E-state index in [4.69, 9.17) is 5.26 Å². The maximum Gasteiger partial charge on any atom is 0.114 e. The van der Waals surface area contributed by atoms with Gasteiger partial charge >= 0.3 is 0 Å². The van der Waals surface area contributed by atoms with Gasteiger partial charge in [-0.25, -0.2) is 0 Å². The lowest BCUT2D eigenvalue weighted by molar-refractivity contribution is 0.237. The van der Waals surface area contributed by atoms with Crippen LogP contribution in [0.25, 0.3) is 0 Å². The molecular formula is C28H54N2. The number of nitriles is 1. The van der Waals surface area contributed by atoms with Gasteiger partial charge in [-0.15, -0.1) is 6.58 Å². The van der Waals surface area contributed by atoms with Crippen molar-refractivity contribution in [2.24, 2.45) is 17.8 Å². The molecule has 1 aliphatic carbocycles. The molecule has 0 heterocycles. The summed E-state index contributed by atoms with van der Waals surface area (Å²) in [5.74, 6) is 2.85. The highest BCUT2D eigenvalue weighted by Gasteiger charge is 2.19. The third kappa shape index (κ3) is 20.1. The minimum atomic E-state index is -0.0541. The number of allylic oxidation sites excluding steroid dienone is 2. The molecule has 1 saturated carbocycles. The third-order valence-corrected chi connectivity index (χ3v) is 5.88. The molecule has 3 unspecified atom stereocenters. The Morgan fingerprint density at radius 3 is 2.20 bits per heavy atom. The number of rotatable bonds is 12. The summed E-state index contributed by atoms with van der Waals surface area (Å²) in [6.45, 7) is 20.8. The van der Waals surface area contributed by atoms with E-state index in [1.165, 1.54) is 51.4 Å². The molecule has 1 aliphatic rings. The number of nitrogens with zero attached hydrogens (tertiary/aromatic N) is 1. The molecular weight excluding hydrogens is 364 g/mol. The Hall–Kier alpha value is -1.23. The smallest absolute Gasteiger partial charge is 0.114 e. The molecule has 0 radical (unpaired) electrons. The van der Waals surface area contributed by atoms with Crippen LogP contribution in [0, 0.1) is 29.1 Å². The molecule has 0 saturated heterocycles. The van der Waals surface area contributed by atoms with E-state index in [9.17, 15) is 0 Å². The summed E-state index contributed by atoms with van der Waals surface area (Å²) in [4.78, 5) is 0. The second kappa shape index (κ2) is 22.5. The van der Waals surface area contributed by atoms with E-state index in [1.54, 1.807) is 0 Å².